The topological polar surface area (TPSA) is 67.9 Å². The Morgan fingerprint density at radius 1 is 1.22 bits per heavy atom. The summed E-state index contributed by atoms with van der Waals surface area (Å²) in [4.78, 5) is 25.9. The maximum absolute atomic E-state index is 13.1. The Morgan fingerprint density at radius 3 is 2.63 bits per heavy atom. The summed E-state index contributed by atoms with van der Waals surface area (Å²) in [5.74, 6) is 0.0502. The number of Topliss-reactive ketones (excluding diaryl/α,β-unsaturated/α-hetero) is 1. The van der Waals surface area contributed by atoms with Crippen molar-refractivity contribution in [2.45, 2.75) is 13.0 Å². The SMILES string of the molecule is COc1ccc(C(C)=O)cc1NC(=O)N1CCOC(c2ccc(F)cc2)C1. The van der Waals surface area contributed by atoms with Crippen molar-refractivity contribution in [2.75, 3.05) is 32.1 Å². The fraction of sp³-hybridized carbons (Fsp3) is 0.300. The van der Waals surface area contributed by atoms with E-state index in [0.717, 1.165) is 5.56 Å². The molecule has 0 radical (unpaired) electrons. The first-order chi connectivity index (χ1) is 13.0. The van der Waals surface area contributed by atoms with Gasteiger partial charge in [0.1, 0.15) is 17.7 Å². The van der Waals surface area contributed by atoms with E-state index in [9.17, 15) is 14.0 Å². The second-order valence-electron chi connectivity index (χ2n) is 6.26. The van der Waals surface area contributed by atoms with Crippen LogP contribution in [0.2, 0.25) is 0 Å². The third-order valence-corrected chi connectivity index (χ3v) is 4.44. The van der Waals surface area contributed by atoms with E-state index in [1.54, 1.807) is 35.2 Å². The van der Waals surface area contributed by atoms with Crippen LogP contribution in [0.15, 0.2) is 42.5 Å². The molecule has 7 heteroatoms. The van der Waals surface area contributed by atoms with E-state index < -0.39 is 0 Å². The molecule has 3 rings (SSSR count). The minimum Gasteiger partial charge on any atom is -0.495 e. The number of amides is 2. The molecule has 27 heavy (non-hydrogen) atoms. The summed E-state index contributed by atoms with van der Waals surface area (Å²) in [5.41, 5.74) is 1.72. The number of halogens is 1. The second kappa shape index (κ2) is 8.18. The van der Waals surface area contributed by atoms with Gasteiger partial charge in [-0.1, -0.05) is 12.1 Å². The van der Waals surface area contributed by atoms with Crippen LogP contribution in [-0.2, 0) is 4.74 Å². The highest BCUT2D eigenvalue weighted by Gasteiger charge is 2.26. The number of nitrogens with zero attached hydrogens (tertiary/aromatic N) is 1. The zero-order valence-corrected chi connectivity index (χ0v) is 15.2. The number of ketones is 1. The molecule has 0 aromatic heterocycles. The molecule has 1 atom stereocenters. The average Bonchev–Trinajstić information content (AvgIpc) is 2.68. The smallest absolute Gasteiger partial charge is 0.322 e. The van der Waals surface area contributed by atoms with Gasteiger partial charge in [-0.05, 0) is 42.8 Å². The lowest BCUT2D eigenvalue weighted by Crippen LogP contribution is -2.44. The lowest BCUT2D eigenvalue weighted by atomic mass is 10.1. The molecule has 2 amide bonds. The zero-order chi connectivity index (χ0) is 19.4. The molecule has 1 saturated heterocycles. The van der Waals surface area contributed by atoms with Crippen molar-refractivity contribution in [3.63, 3.8) is 0 Å². The Hall–Kier alpha value is -2.93. The molecule has 2 aromatic carbocycles. The molecule has 1 heterocycles. The maximum atomic E-state index is 13.1. The molecule has 142 valence electrons. The van der Waals surface area contributed by atoms with Crippen molar-refractivity contribution < 1.29 is 23.5 Å². The van der Waals surface area contributed by atoms with Crippen molar-refractivity contribution in [2.24, 2.45) is 0 Å². The van der Waals surface area contributed by atoms with Gasteiger partial charge in [0.25, 0.3) is 0 Å². The van der Waals surface area contributed by atoms with Gasteiger partial charge in [-0.2, -0.15) is 0 Å². The van der Waals surface area contributed by atoms with Crippen molar-refractivity contribution in [1.82, 2.24) is 4.90 Å². The highest BCUT2D eigenvalue weighted by Crippen LogP contribution is 2.27. The predicted molar refractivity (Wildman–Crippen MR) is 98.7 cm³/mol. The number of morpholine rings is 1. The van der Waals surface area contributed by atoms with Crippen LogP contribution < -0.4 is 10.1 Å². The molecule has 1 fully saturated rings. The van der Waals surface area contributed by atoms with Gasteiger partial charge < -0.3 is 19.7 Å². The van der Waals surface area contributed by atoms with Gasteiger partial charge in [0.05, 0.1) is 25.9 Å². The van der Waals surface area contributed by atoms with Gasteiger partial charge in [-0.3, -0.25) is 4.79 Å². The van der Waals surface area contributed by atoms with Gasteiger partial charge in [-0.25, -0.2) is 9.18 Å². The van der Waals surface area contributed by atoms with Crippen LogP contribution in [0, 0.1) is 5.82 Å². The first kappa shape index (κ1) is 18.8. The molecular formula is C20H21FN2O4. The van der Waals surface area contributed by atoms with Crippen LogP contribution in [-0.4, -0.2) is 43.5 Å². The van der Waals surface area contributed by atoms with E-state index in [4.69, 9.17) is 9.47 Å². The van der Waals surface area contributed by atoms with E-state index in [0.29, 0.717) is 36.7 Å². The summed E-state index contributed by atoms with van der Waals surface area (Å²) in [6.45, 7) is 2.60. The Kier molecular flexibility index (Phi) is 5.71. The van der Waals surface area contributed by atoms with Crippen molar-refractivity contribution in [3.8, 4) is 5.75 Å². The third-order valence-electron chi connectivity index (χ3n) is 4.44. The Balaban J connectivity index is 1.73. The van der Waals surface area contributed by atoms with Gasteiger partial charge >= 0.3 is 6.03 Å². The lowest BCUT2D eigenvalue weighted by Gasteiger charge is -2.33. The number of carbonyl (C=O) groups excluding carboxylic acids is 2. The Labute approximate surface area is 156 Å². The largest absolute Gasteiger partial charge is 0.495 e. The molecule has 0 bridgehead atoms. The van der Waals surface area contributed by atoms with Crippen LogP contribution in [0.3, 0.4) is 0 Å². The van der Waals surface area contributed by atoms with Crippen LogP contribution in [0.5, 0.6) is 5.75 Å². The van der Waals surface area contributed by atoms with Gasteiger partial charge in [0.2, 0.25) is 0 Å². The monoisotopic (exact) mass is 372 g/mol. The third kappa shape index (κ3) is 4.43. The highest BCUT2D eigenvalue weighted by molar-refractivity contribution is 5.98. The first-order valence-electron chi connectivity index (χ1n) is 8.60. The molecule has 1 N–H and O–H groups in total. The number of carbonyl (C=O) groups is 2. The van der Waals surface area contributed by atoms with E-state index in [1.165, 1.54) is 26.2 Å². The number of hydrogen-bond acceptors (Lipinski definition) is 4. The standard InChI is InChI=1S/C20H21FN2O4/c1-13(24)15-5-8-18(26-2)17(11-15)22-20(25)23-9-10-27-19(12-23)14-3-6-16(21)7-4-14/h3-8,11,19H,9-10,12H2,1-2H3,(H,22,25). The van der Waals surface area contributed by atoms with Crippen LogP contribution >= 0.6 is 0 Å². The Morgan fingerprint density at radius 2 is 1.96 bits per heavy atom. The summed E-state index contributed by atoms with van der Waals surface area (Å²) in [6.07, 6.45) is -0.324. The summed E-state index contributed by atoms with van der Waals surface area (Å²) in [6, 6.07) is 10.6. The van der Waals surface area contributed by atoms with Crippen molar-refractivity contribution in [1.29, 1.82) is 0 Å². The fourth-order valence-corrected chi connectivity index (χ4v) is 2.93. The number of ether oxygens (including phenoxy) is 2. The number of methoxy groups -OCH3 is 1. The normalized spacial score (nSPS) is 16.7. The summed E-state index contributed by atoms with van der Waals surface area (Å²) in [7, 11) is 1.50. The first-order valence-corrected chi connectivity index (χ1v) is 8.60. The molecule has 6 nitrogen and oxygen atoms in total. The molecule has 1 aliphatic rings. The number of nitrogens with one attached hydrogen (secondary N) is 1. The minimum absolute atomic E-state index is 0.101. The molecular weight excluding hydrogens is 351 g/mol. The van der Waals surface area contributed by atoms with E-state index >= 15 is 0 Å². The van der Waals surface area contributed by atoms with E-state index in [2.05, 4.69) is 5.32 Å². The van der Waals surface area contributed by atoms with E-state index in [-0.39, 0.29) is 23.7 Å². The number of urea groups is 1. The lowest BCUT2D eigenvalue weighted by molar-refractivity contribution is -0.0135. The number of hydrogen-bond donors (Lipinski definition) is 1. The maximum Gasteiger partial charge on any atom is 0.322 e. The van der Waals surface area contributed by atoms with E-state index in [1.807, 2.05) is 0 Å². The van der Waals surface area contributed by atoms with Crippen molar-refractivity contribution in [3.05, 3.63) is 59.4 Å². The fourth-order valence-electron chi connectivity index (χ4n) is 2.93. The van der Waals surface area contributed by atoms with Crippen LogP contribution in [0.4, 0.5) is 14.9 Å². The van der Waals surface area contributed by atoms with Gasteiger partial charge in [0.15, 0.2) is 5.78 Å². The minimum atomic E-state index is -0.324. The summed E-state index contributed by atoms with van der Waals surface area (Å²) < 4.78 is 24.1. The number of rotatable bonds is 4. The number of anilines is 1. The molecule has 0 aliphatic carbocycles. The molecule has 0 spiro atoms. The van der Waals surface area contributed by atoms with Crippen LogP contribution in [0.25, 0.3) is 0 Å². The molecule has 0 saturated carbocycles. The van der Waals surface area contributed by atoms with Gasteiger partial charge in [0, 0.05) is 12.1 Å². The Bertz CT molecular complexity index is 838. The average molecular weight is 372 g/mol. The highest BCUT2D eigenvalue weighted by atomic mass is 19.1. The quantitative estimate of drug-likeness (QED) is 0.832. The molecule has 1 unspecified atom stereocenters. The van der Waals surface area contributed by atoms with Gasteiger partial charge in [-0.15, -0.1) is 0 Å². The van der Waals surface area contributed by atoms with Crippen LogP contribution in [0.1, 0.15) is 28.9 Å². The van der Waals surface area contributed by atoms with Crippen molar-refractivity contribution >= 4 is 17.5 Å². The predicted octanol–water partition coefficient (Wildman–Crippen LogP) is 3.64. The number of benzene rings is 2. The summed E-state index contributed by atoms with van der Waals surface area (Å²) in [5, 5.41) is 2.80. The summed E-state index contributed by atoms with van der Waals surface area (Å²) >= 11 is 0. The zero-order valence-electron chi connectivity index (χ0n) is 15.2. The second-order valence-corrected chi connectivity index (χ2v) is 6.26. The molecule has 2 aromatic rings. The molecule has 1 aliphatic heterocycles.